The number of imide groups is 1. The summed E-state index contributed by atoms with van der Waals surface area (Å²) in [6.45, 7) is 0.518. The lowest BCUT2D eigenvalue weighted by atomic mass is 10.1. The lowest BCUT2D eigenvalue weighted by Gasteiger charge is -2.34. The van der Waals surface area contributed by atoms with Crippen molar-refractivity contribution in [1.82, 2.24) is 14.1 Å². The van der Waals surface area contributed by atoms with E-state index < -0.39 is 10.0 Å². The molecule has 2 aliphatic rings. The minimum atomic E-state index is -3.67. The molecule has 2 aliphatic heterocycles. The maximum atomic E-state index is 13.0. The predicted molar refractivity (Wildman–Crippen MR) is 105 cm³/mol. The summed E-state index contributed by atoms with van der Waals surface area (Å²) in [4.78, 5) is 38.5. The van der Waals surface area contributed by atoms with E-state index in [0.29, 0.717) is 0 Å². The Hall–Kier alpha value is -2.78. The maximum absolute atomic E-state index is 13.0. The van der Waals surface area contributed by atoms with Crippen molar-refractivity contribution in [2.45, 2.75) is 17.7 Å². The van der Waals surface area contributed by atoms with E-state index in [4.69, 9.17) is 0 Å². The van der Waals surface area contributed by atoms with Crippen LogP contribution in [0.3, 0.4) is 0 Å². The lowest BCUT2D eigenvalue weighted by molar-refractivity contribution is -0.145. The van der Waals surface area contributed by atoms with Crippen LogP contribution in [0.5, 0.6) is 0 Å². The molecule has 0 radical (unpaired) electrons. The number of hydrogen-bond donors (Lipinski definition) is 0. The minimum absolute atomic E-state index is 0.143. The normalized spacial score (nSPS) is 18.6. The van der Waals surface area contributed by atoms with Crippen LogP contribution in [-0.2, 0) is 24.4 Å². The highest BCUT2D eigenvalue weighted by atomic mass is 32.2. The number of nitrogens with zero attached hydrogens (tertiary/aromatic N) is 3. The minimum Gasteiger partial charge on any atom is -0.338 e. The van der Waals surface area contributed by atoms with Crippen LogP contribution in [0.4, 0.5) is 0 Å². The van der Waals surface area contributed by atoms with Crippen molar-refractivity contribution in [2.24, 2.45) is 0 Å². The number of benzene rings is 2. The summed E-state index contributed by atoms with van der Waals surface area (Å²) in [6.07, 6.45) is 0.286. The number of hydrogen-bond acceptors (Lipinski definition) is 5. The summed E-state index contributed by atoms with van der Waals surface area (Å²) < 4.78 is 27.4. The fraction of sp³-hybridized carbons (Fsp3) is 0.350. The molecule has 4 rings (SSSR count). The molecular weight excluding hydrogens is 394 g/mol. The monoisotopic (exact) mass is 415 g/mol. The first-order valence-corrected chi connectivity index (χ1v) is 10.9. The van der Waals surface area contributed by atoms with Crippen molar-refractivity contribution in [3.05, 3.63) is 42.5 Å². The van der Waals surface area contributed by atoms with Gasteiger partial charge in [-0.25, -0.2) is 8.42 Å². The Morgan fingerprint density at radius 2 is 1.48 bits per heavy atom. The Balaban J connectivity index is 1.42. The highest BCUT2D eigenvalue weighted by Gasteiger charge is 2.34. The molecule has 3 amide bonds. The average Bonchev–Trinajstić information content (AvgIpc) is 3.05. The van der Waals surface area contributed by atoms with E-state index in [-0.39, 0.29) is 68.2 Å². The number of likely N-dealkylation sites (tertiary alicyclic amines) is 1. The van der Waals surface area contributed by atoms with Gasteiger partial charge in [0.15, 0.2) is 0 Å². The zero-order valence-electron chi connectivity index (χ0n) is 15.8. The highest BCUT2D eigenvalue weighted by molar-refractivity contribution is 7.89. The Kier molecular flexibility index (Phi) is 5.10. The van der Waals surface area contributed by atoms with Gasteiger partial charge >= 0.3 is 0 Å². The maximum Gasteiger partial charge on any atom is 0.243 e. The van der Waals surface area contributed by atoms with Gasteiger partial charge in [-0.3, -0.25) is 19.3 Å². The molecule has 2 saturated heterocycles. The first kappa shape index (κ1) is 19.5. The van der Waals surface area contributed by atoms with Gasteiger partial charge in [-0.05, 0) is 22.9 Å². The van der Waals surface area contributed by atoms with Gasteiger partial charge in [-0.15, -0.1) is 0 Å². The van der Waals surface area contributed by atoms with E-state index in [2.05, 4.69) is 0 Å². The smallest absolute Gasteiger partial charge is 0.243 e. The molecule has 2 aromatic carbocycles. The molecule has 0 aromatic heterocycles. The molecule has 8 nitrogen and oxygen atoms in total. The quantitative estimate of drug-likeness (QED) is 0.689. The molecule has 0 aliphatic carbocycles. The van der Waals surface area contributed by atoms with E-state index in [9.17, 15) is 22.8 Å². The van der Waals surface area contributed by atoms with Gasteiger partial charge in [0, 0.05) is 39.0 Å². The van der Waals surface area contributed by atoms with Crippen LogP contribution in [0.15, 0.2) is 47.4 Å². The molecule has 0 unspecified atom stereocenters. The number of carbonyl (C=O) groups excluding carboxylic acids is 3. The number of fused-ring (bicyclic) bond motifs is 1. The third-order valence-corrected chi connectivity index (χ3v) is 7.29. The van der Waals surface area contributed by atoms with Crippen molar-refractivity contribution in [1.29, 1.82) is 0 Å². The summed E-state index contributed by atoms with van der Waals surface area (Å²) >= 11 is 0. The third kappa shape index (κ3) is 3.75. The topological polar surface area (TPSA) is 95.1 Å². The van der Waals surface area contributed by atoms with Gasteiger partial charge in [0.05, 0.1) is 4.90 Å². The Bertz CT molecular complexity index is 1070. The van der Waals surface area contributed by atoms with Crippen LogP contribution in [0, 0.1) is 0 Å². The van der Waals surface area contributed by atoms with Crippen LogP contribution in [0.1, 0.15) is 12.8 Å². The van der Waals surface area contributed by atoms with Crippen molar-refractivity contribution >= 4 is 38.5 Å². The standard InChI is InChI=1S/C20H21N3O5S/c24-18-7-8-19(25)23(18)14-20(26)21-9-11-22(12-10-21)29(27,28)17-6-5-15-3-1-2-4-16(15)13-17/h1-6,13H,7-12,14H2. The Labute approximate surface area is 168 Å². The first-order chi connectivity index (χ1) is 13.9. The van der Waals surface area contributed by atoms with Crippen LogP contribution >= 0.6 is 0 Å². The zero-order chi connectivity index (χ0) is 20.6. The molecule has 2 aromatic rings. The summed E-state index contributed by atoms with van der Waals surface area (Å²) in [7, 11) is -3.67. The highest BCUT2D eigenvalue weighted by Crippen LogP contribution is 2.23. The molecule has 0 bridgehead atoms. The number of sulfonamides is 1. The van der Waals surface area contributed by atoms with E-state index in [1.165, 1.54) is 9.21 Å². The van der Waals surface area contributed by atoms with Gasteiger partial charge in [0.2, 0.25) is 27.7 Å². The van der Waals surface area contributed by atoms with E-state index >= 15 is 0 Å². The Morgan fingerprint density at radius 3 is 2.14 bits per heavy atom. The summed E-state index contributed by atoms with van der Waals surface area (Å²) in [5, 5.41) is 1.82. The second-order valence-electron chi connectivity index (χ2n) is 7.17. The summed E-state index contributed by atoms with van der Waals surface area (Å²) in [5.41, 5.74) is 0. The molecule has 0 saturated carbocycles. The molecule has 2 heterocycles. The van der Waals surface area contributed by atoms with E-state index in [1.807, 2.05) is 24.3 Å². The van der Waals surface area contributed by atoms with Crippen LogP contribution in [0.25, 0.3) is 10.8 Å². The SMILES string of the molecule is O=C(CN1C(=O)CCC1=O)N1CCN(S(=O)(=O)c2ccc3ccccc3c2)CC1. The zero-order valence-corrected chi connectivity index (χ0v) is 16.6. The summed E-state index contributed by atoms with van der Waals surface area (Å²) in [5.74, 6) is -1.00. The van der Waals surface area contributed by atoms with Crippen molar-refractivity contribution in [3.8, 4) is 0 Å². The second kappa shape index (κ2) is 7.57. The van der Waals surface area contributed by atoms with Crippen molar-refractivity contribution in [2.75, 3.05) is 32.7 Å². The van der Waals surface area contributed by atoms with Gasteiger partial charge < -0.3 is 4.90 Å². The summed E-state index contributed by atoms with van der Waals surface area (Å²) in [6, 6.07) is 12.6. The third-order valence-electron chi connectivity index (χ3n) is 5.40. The predicted octanol–water partition coefficient (Wildman–Crippen LogP) is 0.822. The van der Waals surface area contributed by atoms with Gasteiger partial charge in [-0.2, -0.15) is 4.31 Å². The van der Waals surface area contributed by atoms with Crippen LogP contribution in [-0.4, -0.2) is 73.0 Å². The van der Waals surface area contributed by atoms with Crippen LogP contribution < -0.4 is 0 Å². The van der Waals surface area contributed by atoms with Gasteiger partial charge in [0.25, 0.3) is 0 Å². The molecule has 9 heteroatoms. The largest absolute Gasteiger partial charge is 0.338 e. The van der Waals surface area contributed by atoms with Gasteiger partial charge in [-0.1, -0.05) is 30.3 Å². The molecule has 0 spiro atoms. The first-order valence-electron chi connectivity index (χ1n) is 9.46. The number of piperazine rings is 1. The molecule has 152 valence electrons. The number of rotatable bonds is 4. The number of amides is 3. The molecule has 2 fully saturated rings. The molecule has 29 heavy (non-hydrogen) atoms. The second-order valence-corrected chi connectivity index (χ2v) is 9.11. The Morgan fingerprint density at radius 1 is 0.862 bits per heavy atom. The molecule has 0 N–H and O–H groups in total. The van der Waals surface area contributed by atoms with Gasteiger partial charge in [0.1, 0.15) is 6.54 Å². The van der Waals surface area contributed by atoms with E-state index in [0.717, 1.165) is 15.7 Å². The van der Waals surface area contributed by atoms with Crippen LogP contribution in [0.2, 0.25) is 0 Å². The fourth-order valence-electron chi connectivity index (χ4n) is 3.69. The van der Waals surface area contributed by atoms with E-state index in [1.54, 1.807) is 18.2 Å². The van der Waals surface area contributed by atoms with Crippen molar-refractivity contribution < 1.29 is 22.8 Å². The fourth-order valence-corrected chi connectivity index (χ4v) is 5.15. The molecular formula is C20H21N3O5S. The van der Waals surface area contributed by atoms with Crippen molar-refractivity contribution in [3.63, 3.8) is 0 Å². The average molecular weight is 415 g/mol. The lowest BCUT2D eigenvalue weighted by Crippen LogP contribution is -2.53. The molecule has 0 atom stereocenters. The number of carbonyl (C=O) groups is 3.